The number of rotatable bonds is 5. The fourth-order valence-electron chi connectivity index (χ4n) is 1.97. The van der Waals surface area contributed by atoms with E-state index in [1.807, 2.05) is 37.4 Å². The number of halogens is 1. The van der Waals surface area contributed by atoms with Crippen molar-refractivity contribution >= 4 is 28.9 Å². The van der Waals surface area contributed by atoms with Crippen LogP contribution in [-0.2, 0) is 0 Å². The number of amides is 1. The van der Waals surface area contributed by atoms with Gasteiger partial charge in [-0.3, -0.25) is 4.79 Å². The summed E-state index contributed by atoms with van der Waals surface area (Å²) < 4.78 is 0. The van der Waals surface area contributed by atoms with Gasteiger partial charge >= 0.3 is 0 Å². The van der Waals surface area contributed by atoms with E-state index in [2.05, 4.69) is 10.2 Å². The van der Waals surface area contributed by atoms with Crippen LogP contribution in [0.25, 0.3) is 0 Å². The molecule has 1 amide bonds. The third kappa shape index (κ3) is 4.13. The van der Waals surface area contributed by atoms with E-state index in [1.54, 1.807) is 18.2 Å². The van der Waals surface area contributed by atoms with Crippen molar-refractivity contribution in [3.05, 3.63) is 59.1 Å². The van der Waals surface area contributed by atoms with Crippen molar-refractivity contribution in [2.75, 3.05) is 30.8 Å². The lowest BCUT2D eigenvalue weighted by Gasteiger charge is -2.19. The van der Waals surface area contributed by atoms with Crippen LogP contribution >= 0.6 is 11.6 Å². The lowest BCUT2D eigenvalue weighted by atomic mass is 10.1. The minimum absolute atomic E-state index is 0.212. The number of hydrogen-bond donors (Lipinski definition) is 2. The molecule has 0 aliphatic rings. The molecule has 0 fully saturated rings. The number of benzene rings is 2. The first-order valence-electron chi connectivity index (χ1n) is 6.67. The number of hydrogen-bond acceptors (Lipinski definition) is 3. The maximum Gasteiger partial charge on any atom is 0.253 e. The van der Waals surface area contributed by atoms with Crippen molar-refractivity contribution in [1.29, 1.82) is 0 Å². The van der Waals surface area contributed by atoms with Crippen molar-refractivity contribution in [1.82, 2.24) is 5.32 Å². The highest BCUT2D eigenvalue weighted by Gasteiger charge is 2.10. The zero-order chi connectivity index (χ0) is 15.2. The smallest absolute Gasteiger partial charge is 0.253 e. The molecule has 0 bridgehead atoms. The number of anilines is 2. The largest absolute Gasteiger partial charge is 0.398 e. The zero-order valence-corrected chi connectivity index (χ0v) is 12.6. The quantitative estimate of drug-likeness (QED) is 0.835. The molecule has 2 aromatic carbocycles. The van der Waals surface area contributed by atoms with Gasteiger partial charge in [0.25, 0.3) is 5.91 Å². The Bertz CT molecular complexity index is 616. The third-order valence-corrected chi connectivity index (χ3v) is 3.42. The van der Waals surface area contributed by atoms with Crippen LogP contribution in [0.15, 0.2) is 48.5 Å². The van der Waals surface area contributed by atoms with Gasteiger partial charge in [0.2, 0.25) is 0 Å². The molecule has 5 heteroatoms. The topological polar surface area (TPSA) is 58.4 Å². The maximum atomic E-state index is 12.1. The molecule has 110 valence electrons. The van der Waals surface area contributed by atoms with Crippen LogP contribution < -0.4 is 16.0 Å². The van der Waals surface area contributed by atoms with Gasteiger partial charge in [0.15, 0.2) is 0 Å². The molecule has 0 saturated heterocycles. The van der Waals surface area contributed by atoms with Gasteiger partial charge in [-0.1, -0.05) is 29.8 Å². The number of nitrogen functional groups attached to an aromatic ring is 1. The average Bonchev–Trinajstić information content (AvgIpc) is 2.50. The first-order chi connectivity index (χ1) is 10.1. The van der Waals surface area contributed by atoms with Crippen LogP contribution in [0.5, 0.6) is 0 Å². The second kappa shape index (κ2) is 6.99. The number of likely N-dealkylation sites (N-methyl/N-ethyl adjacent to an activating group) is 1. The van der Waals surface area contributed by atoms with Crippen molar-refractivity contribution in [2.45, 2.75) is 0 Å². The van der Waals surface area contributed by atoms with E-state index in [0.717, 1.165) is 5.69 Å². The lowest BCUT2D eigenvalue weighted by molar-refractivity contribution is 0.0955. The van der Waals surface area contributed by atoms with Gasteiger partial charge in [0.05, 0.1) is 5.56 Å². The fraction of sp³-hybridized carbons (Fsp3) is 0.188. The fourth-order valence-corrected chi connectivity index (χ4v) is 2.14. The summed E-state index contributed by atoms with van der Waals surface area (Å²) in [6.45, 7) is 1.23. The second-order valence-electron chi connectivity index (χ2n) is 4.74. The summed E-state index contributed by atoms with van der Waals surface area (Å²) in [6, 6.07) is 14.9. The standard InChI is InChI=1S/C16H18ClN3O/c1-20(13-5-3-2-4-6-13)10-9-19-16(21)14-11-12(17)7-8-15(14)18/h2-8,11H,9-10,18H2,1H3,(H,19,21). The number of nitrogens with one attached hydrogen (secondary N) is 1. The molecule has 0 saturated carbocycles. The minimum Gasteiger partial charge on any atom is -0.398 e. The van der Waals surface area contributed by atoms with E-state index in [0.29, 0.717) is 29.4 Å². The molecule has 0 aliphatic heterocycles. The summed E-state index contributed by atoms with van der Waals surface area (Å²) in [5, 5.41) is 3.34. The molecule has 0 radical (unpaired) electrons. The number of nitrogens with two attached hydrogens (primary N) is 1. The van der Waals surface area contributed by atoms with E-state index >= 15 is 0 Å². The highest BCUT2D eigenvalue weighted by atomic mass is 35.5. The Balaban J connectivity index is 1.88. The van der Waals surface area contributed by atoms with Gasteiger partial charge in [0.1, 0.15) is 0 Å². The van der Waals surface area contributed by atoms with Crippen LogP contribution in [0.2, 0.25) is 5.02 Å². The molecule has 4 nitrogen and oxygen atoms in total. The predicted molar refractivity (Wildman–Crippen MR) is 87.9 cm³/mol. The Labute approximate surface area is 129 Å². The van der Waals surface area contributed by atoms with Crippen molar-refractivity contribution < 1.29 is 4.79 Å². The van der Waals surface area contributed by atoms with Crippen LogP contribution in [0.3, 0.4) is 0 Å². The van der Waals surface area contributed by atoms with Gasteiger partial charge in [-0.2, -0.15) is 0 Å². The van der Waals surface area contributed by atoms with Gasteiger partial charge in [-0.05, 0) is 30.3 Å². The Morgan fingerprint density at radius 3 is 2.67 bits per heavy atom. The molecule has 2 aromatic rings. The number of nitrogens with zero attached hydrogens (tertiary/aromatic N) is 1. The Morgan fingerprint density at radius 2 is 1.95 bits per heavy atom. The normalized spacial score (nSPS) is 10.2. The summed E-state index contributed by atoms with van der Waals surface area (Å²) >= 11 is 5.88. The monoisotopic (exact) mass is 303 g/mol. The van der Waals surface area contributed by atoms with Gasteiger partial charge in [-0.25, -0.2) is 0 Å². The molecule has 0 spiro atoms. The van der Waals surface area contributed by atoms with E-state index in [9.17, 15) is 4.79 Å². The van der Waals surface area contributed by atoms with E-state index in [4.69, 9.17) is 17.3 Å². The van der Waals surface area contributed by atoms with Gasteiger partial charge in [-0.15, -0.1) is 0 Å². The summed E-state index contributed by atoms with van der Waals surface area (Å²) in [5.74, 6) is -0.212. The zero-order valence-electron chi connectivity index (χ0n) is 11.8. The molecule has 21 heavy (non-hydrogen) atoms. The van der Waals surface area contributed by atoms with Crippen LogP contribution in [0, 0.1) is 0 Å². The SMILES string of the molecule is CN(CCNC(=O)c1cc(Cl)ccc1N)c1ccccc1. The summed E-state index contributed by atoms with van der Waals surface area (Å²) in [7, 11) is 1.98. The van der Waals surface area contributed by atoms with Gasteiger partial charge in [0, 0.05) is 36.5 Å². The van der Waals surface area contributed by atoms with Crippen LogP contribution in [-0.4, -0.2) is 26.0 Å². The molecule has 0 unspecified atom stereocenters. The number of para-hydroxylation sites is 1. The maximum absolute atomic E-state index is 12.1. The summed E-state index contributed by atoms with van der Waals surface area (Å²) in [6.07, 6.45) is 0. The summed E-state index contributed by atoms with van der Waals surface area (Å²) in [4.78, 5) is 14.1. The highest BCUT2D eigenvalue weighted by Crippen LogP contribution is 2.17. The number of carbonyl (C=O) groups is 1. The van der Waals surface area contributed by atoms with E-state index < -0.39 is 0 Å². The highest BCUT2D eigenvalue weighted by molar-refractivity contribution is 6.31. The van der Waals surface area contributed by atoms with Crippen molar-refractivity contribution in [3.8, 4) is 0 Å². The molecule has 0 atom stereocenters. The van der Waals surface area contributed by atoms with Crippen LogP contribution in [0.4, 0.5) is 11.4 Å². The molecular weight excluding hydrogens is 286 g/mol. The Morgan fingerprint density at radius 1 is 1.24 bits per heavy atom. The molecular formula is C16H18ClN3O. The van der Waals surface area contributed by atoms with E-state index in [-0.39, 0.29) is 5.91 Å². The molecule has 0 aliphatic carbocycles. The Hall–Kier alpha value is -2.20. The number of carbonyl (C=O) groups excluding carboxylic acids is 1. The Kier molecular flexibility index (Phi) is 5.06. The minimum atomic E-state index is -0.212. The average molecular weight is 304 g/mol. The predicted octanol–water partition coefficient (Wildman–Crippen LogP) is 2.79. The van der Waals surface area contributed by atoms with Crippen molar-refractivity contribution in [3.63, 3.8) is 0 Å². The lowest BCUT2D eigenvalue weighted by Crippen LogP contribution is -2.33. The second-order valence-corrected chi connectivity index (χ2v) is 5.18. The van der Waals surface area contributed by atoms with Gasteiger partial charge < -0.3 is 16.0 Å². The molecule has 2 rings (SSSR count). The molecule has 3 N–H and O–H groups in total. The first-order valence-corrected chi connectivity index (χ1v) is 7.05. The molecule has 0 heterocycles. The third-order valence-electron chi connectivity index (χ3n) is 3.19. The summed E-state index contributed by atoms with van der Waals surface area (Å²) in [5.41, 5.74) is 7.72. The van der Waals surface area contributed by atoms with Crippen LogP contribution in [0.1, 0.15) is 10.4 Å². The van der Waals surface area contributed by atoms with E-state index in [1.165, 1.54) is 0 Å². The molecule has 0 aromatic heterocycles. The van der Waals surface area contributed by atoms with Crippen molar-refractivity contribution in [2.24, 2.45) is 0 Å². The first kappa shape index (κ1) is 15.2.